The fourth-order valence-corrected chi connectivity index (χ4v) is 1.31. The van der Waals surface area contributed by atoms with Gasteiger partial charge in [-0.2, -0.15) is 0 Å². The van der Waals surface area contributed by atoms with Crippen LogP contribution in [0, 0.1) is 0 Å². The second-order valence-electron chi connectivity index (χ2n) is 2.99. The summed E-state index contributed by atoms with van der Waals surface area (Å²) < 4.78 is 1.55. The van der Waals surface area contributed by atoms with E-state index in [9.17, 15) is 4.79 Å². The number of hydrogen-bond donors (Lipinski definition) is 1. The van der Waals surface area contributed by atoms with Crippen LogP contribution in [0.5, 0.6) is 0 Å². The van der Waals surface area contributed by atoms with Crippen molar-refractivity contribution in [2.24, 2.45) is 0 Å². The van der Waals surface area contributed by atoms with Crippen molar-refractivity contribution in [3.05, 3.63) is 36.8 Å². The lowest BCUT2D eigenvalue weighted by Gasteiger charge is -2.03. The molecule has 0 aliphatic rings. The molecule has 15 heavy (non-hydrogen) atoms. The van der Waals surface area contributed by atoms with Crippen LogP contribution in [-0.4, -0.2) is 25.6 Å². The van der Waals surface area contributed by atoms with Gasteiger partial charge in [-0.05, 0) is 12.1 Å². The minimum atomic E-state index is -0.898. The lowest BCUT2D eigenvalue weighted by molar-refractivity contribution is -0.137. The Morgan fingerprint density at radius 3 is 2.87 bits per heavy atom. The van der Waals surface area contributed by atoms with Gasteiger partial charge in [0.15, 0.2) is 5.82 Å². The van der Waals surface area contributed by atoms with Gasteiger partial charge < -0.3 is 9.67 Å². The van der Waals surface area contributed by atoms with Crippen molar-refractivity contribution in [3.63, 3.8) is 0 Å². The van der Waals surface area contributed by atoms with Gasteiger partial charge in [-0.3, -0.25) is 9.78 Å². The molecule has 0 aliphatic heterocycles. The Balaban J connectivity index is 2.37. The third kappa shape index (κ3) is 2.01. The first kappa shape index (κ1) is 9.39. The average molecular weight is 203 g/mol. The highest BCUT2D eigenvalue weighted by atomic mass is 16.4. The van der Waals surface area contributed by atoms with Crippen molar-refractivity contribution in [2.75, 3.05) is 0 Å². The first-order chi connectivity index (χ1) is 7.27. The number of nitrogens with zero attached hydrogens (tertiary/aromatic N) is 3. The quantitative estimate of drug-likeness (QED) is 0.808. The predicted molar refractivity (Wildman–Crippen MR) is 53.1 cm³/mol. The van der Waals surface area contributed by atoms with Crippen molar-refractivity contribution in [1.82, 2.24) is 14.5 Å². The molecular formula is C10H9N3O2. The maximum absolute atomic E-state index is 10.6. The van der Waals surface area contributed by atoms with Gasteiger partial charge in [-0.15, -0.1) is 0 Å². The van der Waals surface area contributed by atoms with Crippen LogP contribution in [0.25, 0.3) is 11.5 Å². The highest BCUT2D eigenvalue weighted by Crippen LogP contribution is 2.13. The predicted octanol–water partition coefficient (Wildman–Crippen LogP) is 1.03. The number of carbonyl (C=O) groups is 1. The maximum Gasteiger partial charge on any atom is 0.323 e. The Labute approximate surface area is 86.0 Å². The molecule has 76 valence electrons. The third-order valence-corrected chi connectivity index (χ3v) is 1.92. The number of imidazole rings is 1. The Bertz CT molecular complexity index is 465. The lowest BCUT2D eigenvalue weighted by Crippen LogP contribution is -2.09. The van der Waals surface area contributed by atoms with Crippen molar-refractivity contribution in [2.45, 2.75) is 6.54 Å². The molecule has 2 rings (SSSR count). The molecule has 5 nitrogen and oxygen atoms in total. The van der Waals surface area contributed by atoms with Crippen molar-refractivity contribution in [3.8, 4) is 11.5 Å². The molecule has 0 saturated carbocycles. The fraction of sp³-hybridized carbons (Fsp3) is 0.100. The Kier molecular flexibility index (Phi) is 2.45. The second kappa shape index (κ2) is 3.91. The molecule has 2 aromatic rings. The van der Waals surface area contributed by atoms with E-state index in [1.165, 1.54) is 0 Å². The summed E-state index contributed by atoms with van der Waals surface area (Å²) >= 11 is 0. The smallest absolute Gasteiger partial charge is 0.323 e. The second-order valence-corrected chi connectivity index (χ2v) is 2.99. The van der Waals surface area contributed by atoms with Crippen LogP contribution < -0.4 is 0 Å². The van der Waals surface area contributed by atoms with E-state index in [0.29, 0.717) is 11.5 Å². The third-order valence-electron chi connectivity index (χ3n) is 1.92. The van der Waals surface area contributed by atoms with Gasteiger partial charge in [0.1, 0.15) is 12.2 Å². The van der Waals surface area contributed by atoms with Gasteiger partial charge >= 0.3 is 5.97 Å². The summed E-state index contributed by atoms with van der Waals surface area (Å²) in [4.78, 5) is 18.8. The zero-order valence-electron chi connectivity index (χ0n) is 7.87. The number of pyridine rings is 1. The van der Waals surface area contributed by atoms with E-state index in [2.05, 4.69) is 9.97 Å². The van der Waals surface area contributed by atoms with E-state index in [1.54, 1.807) is 35.3 Å². The molecule has 0 aromatic carbocycles. The molecule has 2 heterocycles. The monoisotopic (exact) mass is 203 g/mol. The first-order valence-corrected chi connectivity index (χ1v) is 4.41. The van der Waals surface area contributed by atoms with Crippen LogP contribution in [0.3, 0.4) is 0 Å². The van der Waals surface area contributed by atoms with E-state index in [0.717, 1.165) is 0 Å². The van der Waals surface area contributed by atoms with E-state index >= 15 is 0 Å². The molecule has 0 amide bonds. The number of hydrogen-bond acceptors (Lipinski definition) is 3. The first-order valence-electron chi connectivity index (χ1n) is 4.41. The van der Waals surface area contributed by atoms with Crippen molar-refractivity contribution >= 4 is 5.97 Å². The molecule has 1 N–H and O–H groups in total. The minimum Gasteiger partial charge on any atom is -0.480 e. The van der Waals surface area contributed by atoms with E-state index in [1.807, 2.05) is 6.07 Å². The van der Waals surface area contributed by atoms with Gasteiger partial charge in [0.25, 0.3) is 0 Å². The molecule has 5 heteroatoms. The molecule has 2 aromatic heterocycles. The summed E-state index contributed by atoms with van der Waals surface area (Å²) in [5.74, 6) is -0.330. The molecule has 0 saturated heterocycles. The van der Waals surface area contributed by atoms with Crippen LogP contribution in [-0.2, 0) is 11.3 Å². The summed E-state index contributed by atoms with van der Waals surface area (Å²) in [6.45, 7) is -0.105. The van der Waals surface area contributed by atoms with Gasteiger partial charge in [-0.1, -0.05) is 6.07 Å². The summed E-state index contributed by atoms with van der Waals surface area (Å²) in [6, 6.07) is 5.43. The zero-order valence-corrected chi connectivity index (χ0v) is 7.87. The largest absolute Gasteiger partial charge is 0.480 e. The molecule has 0 spiro atoms. The standard InChI is InChI=1S/C10H9N3O2/c14-9(15)7-13-6-5-12-10(13)8-3-1-2-4-11-8/h1-6H,7H2,(H,14,15). The fourth-order valence-electron chi connectivity index (χ4n) is 1.31. The summed E-state index contributed by atoms with van der Waals surface area (Å²) in [5, 5.41) is 8.69. The molecule has 0 fully saturated rings. The molecular weight excluding hydrogens is 194 g/mol. The maximum atomic E-state index is 10.6. The van der Waals surface area contributed by atoms with Crippen molar-refractivity contribution < 1.29 is 9.90 Å². The molecule has 0 unspecified atom stereocenters. The normalized spacial score (nSPS) is 10.1. The number of carboxylic acids is 1. The molecule has 0 atom stereocenters. The van der Waals surface area contributed by atoms with Crippen LogP contribution in [0.1, 0.15) is 0 Å². The number of carboxylic acid groups (broad SMARTS) is 1. The average Bonchev–Trinajstić information content (AvgIpc) is 2.66. The molecule has 0 bridgehead atoms. The Morgan fingerprint density at radius 1 is 1.33 bits per heavy atom. The Morgan fingerprint density at radius 2 is 2.20 bits per heavy atom. The van der Waals surface area contributed by atoms with E-state index in [-0.39, 0.29) is 6.54 Å². The van der Waals surface area contributed by atoms with Gasteiger partial charge in [0.2, 0.25) is 0 Å². The number of aliphatic carboxylic acids is 1. The Hall–Kier alpha value is -2.17. The highest BCUT2D eigenvalue weighted by molar-refractivity contribution is 5.67. The summed E-state index contributed by atoms with van der Waals surface area (Å²) in [5.41, 5.74) is 0.670. The van der Waals surface area contributed by atoms with Gasteiger partial charge in [-0.25, -0.2) is 4.98 Å². The minimum absolute atomic E-state index is 0.105. The molecule has 0 aliphatic carbocycles. The number of rotatable bonds is 3. The molecule has 0 radical (unpaired) electrons. The summed E-state index contributed by atoms with van der Waals surface area (Å²) in [7, 11) is 0. The van der Waals surface area contributed by atoms with Crippen LogP contribution >= 0.6 is 0 Å². The van der Waals surface area contributed by atoms with E-state index < -0.39 is 5.97 Å². The van der Waals surface area contributed by atoms with Crippen LogP contribution in [0.15, 0.2) is 36.8 Å². The zero-order chi connectivity index (χ0) is 10.7. The SMILES string of the molecule is O=C(O)Cn1ccnc1-c1ccccn1. The van der Waals surface area contributed by atoms with Gasteiger partial charge in [0.05, 0.1) is 0 Å². The topological polar surface area (TPSA) is 68.0 Å². The number of aromatic nitrogens is 3. The van der Waals surface area contributed by atoms with Crippen molar-refractivity contribution in [1.29, 1.82) is 0 Å². The lowest BCUT2D eigenvalue weighted by atomic mass is 10.3. The van der Waals surface area contributed by atoms with Gasteiger partial charge in [0, 0.05) is 18.6 Å². The van der Waals surface area contributed by atoms with Crippen LogP contribution in [0.4, 0.5) is 0 Å². The highest BCUT2D eigenvalue weighted by Gasteiger charge is 2.08. The van der Waals surface area contributed by atoms with Crippen LogP contribution in [0.2, 0.25) is 0 Å². The summed E-state index contributed by atoms with van der Waals surface area (Å²) in [6.07, 6.45) is 4.83. The van der Waals surface area contributed by atoms with E-state index in [4.69, 9.17) is 5.11 Å².